The van der Waals surface area contributed by atoms with E-state index in [2.05, 4.69) is 15.1 Å². The van der Waals surface area contributed by atoms with Crippen LogP contribution in [-0.2, 0) is 9.53 Å². The molecule has 1 aromatic heterocycles. The summed E-state index contributed by atoms with van der Waals surface area (Å²) in [4.78, 5) is 26.0. The van der Waals surface area contributed by atoms with Crippen LogP contribution in [0.2, 0.25) is 10.0 Å². The molecule has 2 N–H and O–H groups in total. The predicted octanol–water partition coefficient (Wildman–Crippen LogP) is 6.07. The summed E-state index contributed by atoms with van der Waals surface area (Å²) in [7, 11) is 1.68. The van der Waals surface area contributed by atoms with Crippen LogP contribution in [0.5, 0.6) is 0 Å². The van der Waals surface area contributed by atoms with Crippen molar-refractivity contribution in [3.05, 3.63) is 45.6 Å². The molecule has 3 heterocycles. The van der Waals surface area contributed by atoms with Crippen molar-refractivity contribution in [1.29, 1.82) is 0 Å². The maximum absolute atomic E-state index is 11.5. The fourth-order valence-corrected chi connectivity index (χ4v) is 6.93. The number of nitrogens with zero attached hydrogens (tertiary/aromatic N) is 4. The van der Waals surface area contributed by atoms with Crippen LogP contribution < -0.4 is 10.2 Å². The fraction of sp³-hybridized carbons (Fsp3) is 0.621. The second-order valence-electron chi connectivity index (χ2n) is 11.9. The lowest BCUT2D eigenvalue weighted by atomic mass is 9.65. The zero-order valence-corrected chi connectivity index (χ0v) is 24.7. The van der Waals surface area contributed by atoms with Gasteiger partial charge < -0.3 is 25.0 Å². The molecule has 2 aliphatic heterocycles. The molecule has 8 nitrogen and oxygen atoms in total. The van der Waals surface area contributed by atoms with Crippen molar-refractivity contribution in [2.24, 2.45) is 17.3 Å². The van der Waals surface area contributed by atoms with E-state index in [0.29, 0.717) is 27.9 Å². The first-order valence-electron chi connectivity index (χ1n) is 13.9. The first-order chi connectivity index (χ1) is 18.6. The number of rotatable bonds is 9. The van der Waals surface area contributed by atoms with Gasteiger partial charge in [-0.25, -0.2) is 4.98 Å². The maximum atomic E-state index is 11.5. The Kier molecular flexibility index (Phi) is 8.30. The molecule has 1 aromatic carbocycles. The van der Waals surface area contributed by atoms with E-state index in [9.17, 15) is 9.90 Å². The molecular formula is C29H39Cl2N5O3. The van der Waals surface area contributed by atoms with Crippen LogP contribution in [0.4, 0.5) is 11.8 Å². The molecule has 1 saturated carbocycles. The highest BCUT2D eigenvalue weighted by atomic mass is 35.5. The van der Waals surface area contributed by atoms with Crippen molar-refractivity contribution in [3.8, 4) is 0 Å². The van der Waals surface area contributed by atoms with Gasteiger partial charge >= 0.3 is 5.97 Å². The number of benzene rings is 1. The number of hydrogen-bond donors (Lipinski definition) is 2. The standard InChI is InChI=1S/C29H39Cl2N5O3/c1-17(23-8-7-21(30)10-25(23)31)33-26-24(18(2)39-4)13-32-28(34-26)36-15-20(16-36)19-6-5-9-35(14-19)22-11-29(3,12-22)27(37)38/h7-8,10,13,17-20,22H,5-6,9,11-12,14-16H2,1-4H3,(H,37,38)(H,32,33,34)/t17-,18?,19+,22?,29?/m1/s1. The third-order valence-electron chi connectivity index (χ3n) is 9.13. The average molecular weight is 577 g/mol. The van der Waals surface area contributed by atoms with Gasteiger partial charge in [0, 0.05) is 54.6 Å². The summed E-state index contributed by atoms with van der Waals surface area (Å²) in [6.07, 6.45) is 5.64. The number of aromatic nitrogens is 2. The Morgan fingerprint density at radius 2 is 1.92 bits per heavy atom. The highest BCUT2D eigenvalue weighted by molar-refractivity contribution is 6.35. The molecule has 5 rings (SSSR count). The molecule has 3 aliphatic rings. The van der Waals surface area contributed by atoms with Gasteiger partial charge in [0.1, 0.15) is 5.82 Å². The monoisotopic (exact) mass is 575 g/mol. The highest BCUT2D eigenvalue weighted by Gasteiger charge is 2.49. The lowest BCUT2D eigenvalue weighted by molar-refractivity contribution is -0.158. The van der Waals surface area contributed by atoms with E-state index in [4.69, 9.17) is 37.9 Å². The van der Waals surface area contributed by atoms with Crippen LogP contribution in [0, 0.1) is 17.3 Å². The number of carbonyl (C=O) groups is 1. The zero-order valence-electron chi connectivity index (χ0n) is 23.2. The van der Waals surface area contributed by atoms with E-state index in [0.717, 1.165) is 61.9 Å². The van der Waals surface area contributed by atoms with Gasteiger partial charge in [-0.3, -0.25) is 4.79 Å². The lowest BCUT2D eigenvalue weighted by Crippen LogP contribution is -2.58. The summed E-state index contributed by atoms with van der Waals surface area (Å²) in [5.74, 6) is 2.03. The number of piperidine rings is 1. The summed E-state index contributed by atoms with van der Waals surface area (Å²) in [5, 5.41) is 14.2. The smallest absolute Gasteiger partial charge is 0.309 e. The second-order valence-corrected chi connectivity index (χ2v) is 12.7. The third-order valence-corrected chi connectivity index (χ3v) is 9.69. The molecule has 0 spiro atoms. The molecule has 0 bridgehead atoms. The van der Waals surface area contributed by atoms with Crippen LogP contribution in [0.3, 0.4) is 0 Å². The van der Waals surface area contributed by atoms with E-state index in [1.807, 2.05) is 39.1 Å². The van der Waals surface area contributed by atoms with E-state index in [-0.39, 0.29) is 12.1 Å². The molecule has 0 radical (unpaired) electrons. The van der Waals surface area contributed by atoms with Crippen LogP contribution in [0.1, 0.15) is 69.7 Å². The van der Waals surface area contributed by atoms with Gasteiger partial charge in [-0.15, -0.1) is 0 Å². The lowest BCUT2D eigenvalue weighted by Gasteiger charge is -2.52. The van der Waals surface area contributed by atoms with Crippen molar-refractivity contribution >= 4 is 40.9 Å². The number of carboxylic acid groups (broad SMARTS) is 1. The van der Waals surface area contributed by atoms with Crippen LogP contribution in [0.25, 0.3) is 0 Å². The van der Waals surface area contributed by atoms with E-state index in [1.54, 1.807) is 13.2 Å². The number of likely N-dealkylation sites (tertiary alicyclic amines) is 1. The molecule has 212 valence electrons. The number of hydrogen-bond acceptors (Lipinski definition) is 7. The molecule has 39 heavy (non-hydrogen) atoms. The minimum absolute atomic E-state index is 0.0906. The van der Waals surface area contributed by atoms with Gasteiger partial charge in [0.05, 0.1) is 17.6 Å². The minimum atomic E-state index is -0.660. The molecule has 3 atom stereocenters. The van der Waals surface area contributed by atoms with Crippen molar-refractivity contribution in [1.82, 2.24) is 14.9 Å². The number of nitrogens with one attached hydrogen (secondary N) is 1. The molecule has 2 aromatic rings. The molecule has 3 fully saturated rings. The number of methoxy groups -OCH3 is 1. The summed E-state index contributed by atoms with van der Waals surface area (Å²) in [5.41, 5.74) is 1.29. The minimum Gasteiger partial charge on any atom is -0.481 e. The Morgan fingerprint density at radius 1 is 1.18 bits per heavy atom. The summed E-state index contributed by atoms with van der Waals surface area (Å²) in [6, 6.07) is 5.85. The number of halogens is 2. The summed E-state index contributed by atoms with van der Waals surface area (Å²) in [6.45, 7) is 9.94. The van der Waals surface area contributed by atoms with Crippen molar-refractivity contribution < 1.29 is 14.6 Å². The number of ether oxygens (including phenoxy) is 1. The van der Waals surface area contributed by atoms with Gasteiger partial charge in [-0.05, 0) is 82.5 Å². The van der Waals surface area contributed by atoms with Gasteiger partial charge in [0.25, 0.3) is 0 Å². The largest absolute Gasteiger partial charge is 0.481 e. The number of anilines is 2. The quantitative estimate of drug-likeness (QED) is 0.372. The highest BCUT2D eigenvalue weighted by Crippen LogP contribution is 2.45. The fourth-order valence-electron chi connectivity index (χ4n) is 6.35. The van der Waals surface area contributed by atoms with E-state index in [1.165, 1.54) is 12.8 Å². The van der Waals surface area contributed by atoms with Gasteiger partial charge in [-0.2, -0.15) is 4.98 Å². The Labute approximate surface area is 241 Å². The van der Waals surface area contributed by atoms with Crippen LogP contribution in [0.15, 0.2) is 24.4 Å². The van der Waals surface area contributed by atoms with Crippen LogP contribution in [-0.4, -0.2) is 65.3 Å². The Morgan fingerprint density at radius 3 is 2.59 bits per heavy atom. The predicted molar refractivity (Wildman–Crippen MR) is 155 cm³/mol. The first kappa shape index (κ1) is 28.4. The summed E-state index contributed by atoms with van der Waals surface area (Å²) >= 11 is 12.6. The zero-order chi connectivity index (χ0) is 27.9. The van der Waals surface area contributed by atoms with Gasteiger partial charge in [0.2, 0.25) is 5.95 Å². The Bertz CT molecular complexity index is 1200. The second kappa shape index (κ2) is 11.4. The SMILES string of the molecule is COC(C)c1cnc(N2CC([C@H]3CCCN(C4CC(C)(C(=O)O)C4)C3)C2)nc1N[C@H](C)c1ccc(Cl)cc1Cl. The van der Waals surface area contributed by atoms with Crippen molar-refractivity contribution in [2.75, 3.05) is 43.5 Å². The van der Waals surface area contributed by atoms with E-state index >= 15 is 0 Å². The first-order valence-corrected chi connectivity index (χ1v) is 14.7. The summed E-state index contributed by atoms with van der Waals surface area (Å²) < 4.78 is 5.60. The number of carboxylic acids is 1. The molecular weight excluding hydrogens is 537 g/mol. The van der Waals surface area contributed by atoms with Crippen molar-refractivity contribution in [2.45, 2.75) is 64.6 Å². The Balaban J connectivity index is 1.23. The third kappa shape index (κ3) is 5.85. The molecule has 1 aliphatic carbocycles. The maximum Gasteiger partial charge on any atom is 0.309 e. The molecule has 10 heteroatoms. The van der Waals surface area contributed by atoms with Gasteiger partial charge in [-0.1, -0.05) is 29.3 Å². The molecule has 0 amide bonds. The topological polar surface area (TPSA) is 90.8 Å². The molecule has 1 unspecified atom stereocenters. The van der Waals surface area contributed by atoms with E-state index < -0.39 is 11.4 Å². The van der Waals surface area contributed by atoms with Gasteiger partial charge in [0.15, 0.2) is 0 Å². The normalized spacial score (nSPS) is 27.4. The van der Waals surface area contributed by atoms with Crippen LogP contribution >= 0.6 is 23.2 Å². The van der Waals surface area contributed by atoms with Crippen molar-refractivity contribution in [3.63, 3.8) is 0 Å². The average Bonchev–Trinajstić information content (AvgIpc) is 2.85. The Hall–Kier alpha value is -2.13. The molecule has 2 saturated heterocycles. The number of aliphatic carboxylic acids is 1.